The molecule has 4 heteroatoms. The van der Waals surface area contributed by atoms with Crippen molar-refractivity contribution in [3.63, 3.8) is 0 Å². The van der Waals surface area contributed by atoms with Gasteiger partial charge in [-0.05, 0) is 36.1 Å². The zero-order valence-electron chi connectivity index (χ0n) is 13.2. The van der Waals surface area contributed by atoms with Crippen molar-refractivity contribution in [3.8, 4) is 5.75 Å². The first-order valence-electron chi connectivity index (χ1n) is 8.17. The standard InChI is InChI=1S/C18H22N2O2/c1-20-11-17(19-21)18-8-4-3-5-14(18)16(20)9-12-6-7-13(22-2)10-15(12)18/h6-7,10-11,14,16H,3-5,8-9H2,1-2H3/p+1/t14-,16-,18-/m0/s1. The Balaban J connectivity index is 2.00. The van der Waals surface area contributed by atoms with E-state index in [4.69, 9.17) is 4.74 Å². The number of oxime groups is 1. The van der Waals surface area contributed by atoms with Crippen LogP contribution in [0.2, 0.25) is 0 Å². The van der Waals surface area contributed by atoms with Gasteiger partial charge in [-0.2, -0.15) is 0 Å². The van der Waals surface area contributed by atoms with Gasteiger partial charge in [-0.3, -0.25) is 0 Å². The van der Waals surface area contributed by atoms with E-state index in [0.717, 1.165) is 24.3 Å². The molecule has 1 aromatic carbocycles. The third-order valence-electron chi connectivity index (χ3n) is 6.07. The van der Waals surface area contributed by atoms with Crippen LogP contribution >= 0.6 is 0 Å². The topological polar surface area (TPSA) is 44.8 Å². The first-order chi connectivity index (χ1) is 10.7. The highest BCUT2D eigenvalue weighted by molar-refractivity contribution is 6.33. The molecule has 3 atom stereocenters. The SMILES string of the molecule is COc1ccc2c(c1)[C@]13CCCC[C@H]1[C@H](C2)[N+](C)=C/C3=N/O. The smallest absolute Gasteiger partial charge is 0.189 e. The second kappa shape index (κ2) is 4.83. The summed E-state index contributed by atoms with van der Waals surface area (Å²) in [4.78, 5) is 0. The summed E-state index contributed by atoms with van der Waals surface area (Å²) >= 11 is 0. The molecule has 1 N–H and O–H groups in total. The highest BCUT2D eigenvalue weighted by atomic mass is 16.5. The summed E-state index contributed by atoms with van der Waals surface area (Å²) in [5.74, 6) is 1.42. The Morgan fingerprint density at radius 1 is 1.36 bits per heavy atom. The molecule has 4 rings (SSSR count). The van der Waals surface area contributed by atoms with Gasteiger partial charge < -0.3 is 9.94 Å². The maximum atomic E-state index is 9.71. The Labute approximate surface area is 131 Å². The Morgan fingerprint density at radius 3 is 3.00 bits per heavy atom. The number of benzene rings is 1. The summed E-state index contributed by atoms with van der Waals surface area (Å²) < 4.78 is 7.72. The largest absolute Gasteiger partial charge is 0.497 e. The third-order valence-corrected chi connectivity index (χ3v) is 6.07. The second-order valence-corrected chi connectivity index (χ2v) is 6.90. The van der Waals surface area contributed by atoms with E-state index in [1.807, 2.05) is 6.07 Å². The van der Waals surface area contributed by atoms with Crippen molar-refractivity contribution in [2.24, 2.45) is 11.1 Å². The van der Waals surface area contributed by atoms with Crippen LogP contribution in [0.4, 0.5) is 0 Å². The van der Waals surface area contributed by atoms with E-state index in [-0.39, 0.29) is 5.41 Å². The molecule has 0 amide bonds. The monoisotopic (exact) mass is 299 g/mol. The van der Waals surface area contributed by atoms with Crippen molar-refractivity contribution in [1.29, 1.82) is 0 Å². The summed E-state index contributed by atoms with van der Waals surface area (Å²) in [6.07, 6.45) is 7.86. The molecule has 0 unspecified atom stereocenters. The van der Waals surface area contributed by atoms with Crippen molar-refractivity contribution in [2.75, 3.05) is 14.2 Å². The van der Waals surface area contributed by atoms with Gasteiger partial charge >= 0.3 is 0 Å². The Bertz CT molecular complexity index is 680. The fourth-order valence-electron chi connectivity index (χ4n) is 5.10. The summed E-state index contributed by atoms with van der Waals surface area (Å²) in [6, 6.07) is 6.93. The lowest BCUT2D eigenvalue weighted by molar-refractivity contribution is -0.548. The fraction of sp³-hybridized carbons (Fsp3) is 0.556. The van der Waals surface area contributed by atoms with Crippen molar-refractivity contribution in [3.05, 3.63) is 29.3 Å². The van der Waals surface area contributed by atoms with E-state index < -0.39 is 0 Å². The maximum Gasteiger partial charge on any atom is 0.189 e. The molecule has 2 aliphatic carbocycles. The molecule has 1 aromatic rings. The van der Waals surface area contributed by atoms with Gasteiger partial charge in [0.15, 0.2) is 18.0 Å². The molecular formula is C18H23N2O2+. The molecule has 0 saturated heterocycles. The molecule has 22 heavy (non-hydrogen) atoms. The normalized spacial score (nSPS) is 34.6. The number of ether oxygens (including phenoxy) is 1. The number of likely N-dealkylation sites (N-methyl/N-ethyl adjacent to an activating group) is 1. The molecule has 1 heterocycles. The summed E-state index contributed by atoms with van der Waals surface area (Å²) in [7, 11) is 3.83. The van der Waals surface area contributed by atoms with Crippen molar-refractivity contribution >= 4 is 11.9 Å². The van der Waals surface area contributed by atoms with E-state index in [1.54, 1.807) is 7.11 Å². The molecule has 2 bridgehead atoms. The van der Waals surface area contributed by atoms with E-state index in [0.29, 0.717) is 12.0 Å². The fourth-order valence-corrected chi connectivity index (χ4v) is 5.10. The van der Waals surface area contributed by atoms with Gasteiger partial charge in [0.25, 0.3) is 0 Å². The van der Waals surface area contributed by atoms with E-state index in [1.165, 1.54) is 30.4 Å². The number of hydrogen-bond donors (Lipinski definition) is 1. The first kappa shape index (κ1) is 13.8. The highest BCUT2D eigenvalue weighted by Gasteiger charge is 2.59. The van der Waals surface area contributed by atoms with E-state index in [2.05, 4.69) is 35.1 Å². The molecule has 116 valence electrons. The summed E-state index contributed by atoms with van der Waals surface area (Å²) in [5, 5.41) is 13.4. The van der Waals surface area contributed by atoms with Crippen molar-refractivity contribution in [2.45, 2.75) is 43.6 Å². The molecule has 1 saturated carbocycles. The highest BCUT2D eigenvalue weighted by Crippen LogP contribution is 2.53. The summed E-state index contributed by atoms with van der Waals surface area (Å²) in [6.45, 7) is 0. The van der Waals surface area contributed by atoms with Gasteiger partial charge in [-0.15, -0.1) is 0 Å². The number of methoxy groups -OCH3 is 1. The van der Waals surface area contributed by atoms with Crippen LogP contribution < -0.4 is 4.74 Å². The van der Waals surface area contributed by atoms with Crippen molar-refractivity contribution < 1.29 is 14.5 Å². The Kier molecular flexibility index (Phi) is 3.03. The van der Waals surface area contributed by atoms with Crippen LogP contribution in [0.25, 0.3) is 0 Å². The molecule has 0 aromatic heterocycles. The average molecular weight is 299 g/mol. The first-order valence-corrected chi connectivity index (χ1v) is 8.17. The lowest BCUT2D eigenvalue weighted by Crippen LogP contribution is -2.61. The van der Waals surface area contributed by atoms with Crippen LogP contribution in [0.1, 0.15) is 36.8 Å². The minimum Gasteiger partial charge on any atom is -0.497 e. The number of nitrogens with zero attached hydrogens (tertiary/aromatic N) is 2. The molecule has 0 spiro atoms. The maximum absolute atomic E-state index is 9.71. The number of fused-ring (bicyclic) bond motifs is 1. The van der Waals surface area contributed by atoms with Crippen LogP contribution in [-0.4, -0.2) is 41.9 Å². The van der Waals surface area contributed by atoms with Gasteiger partial charge in [-0.25, -0.2) is 4.58 Å². The zero-order chi connectivity index (χ0) is 15.3. The Hall–Kier alpha value is -1.84. The Morgan fingerprint density at radius 2 is 2.23 bits per heavy atom. The summed E-state index contributed by atoms with van der Waals surface area (Å²) in [5.41, 5.74) is 3.40. The minimum atomic E-state index is -0.133. The van der Waals surface area contributed by atoms with E-state index >= 15 is 0 Å². The minimum absolute atomic E-state index is 0.133. The van der Waals surface area contributed by atoms with Gasteiger partial charge in [-0.1, -0.05) is 24.1 Å². The molecule has 0 radical (unpaired) electrons. The number of hydrogen-bond acceptors (Lipinski definition) is 3. The average Bonchev–Trinajstić information content (AvgIpc) is 2.57. The van der Waals surface area contributed by atoms with Gasteiger partial charge in [0.05, 0.1) is 12.5 Å². The molecular weight excluding hydrogens is 276 g/mol. The predicted molar refractivity (Wildman–Crippen MR) is 85.6 cm³/mol. The molecule has 3 aliphatic rings. The molecule has 1 aliphatic heterocycles. The lowest BCUT2D eigenvalue weighted by Gasteiger charge is -2.51. The third kappa shape index (κ3) is 1.64. The lowest BCUT2D eigenvalue weighted by atomic mass is 9.52. The quantitative estimate of drug-likeness (QED) is 0.492. The van der Waals surface area contributed by atoms with Crippen molar-refractivity contribution in [1.82, 2.24) is 0 Å². The van der Waals surface area contributed by atoms with Crippen LogP contribution in [0.15, 0.2) is 23.4 Å². The van der Waals surface area contributed by atoms with Crippen LogP contribution in [0, 0.1) is 5.92 Å². The van der Waals surface area contributed by atoms with Gasteiger partial charge in [0, 0.05) is 12.3 Å². The number of rotatable bonds is 1. The molecule has 1 fully saturated rings. The van der Waals surface area contributed by atoms with Gasteiger partial charge in [0.1, 0.15) is 12.8 Å². The van der Waals surface area contributed by atoms with Crippen LogP contribution in [0.5, 0.6) is 5.75 Å². The second-order valence-electron chi connectivity index (χ2n) is 6.90. The van der Waals surface area contributed by atoms with Crippen LogP contribution in [-0.2, 0) is 11.8 Å². The van der Waals surface area contributed by atoms with E-state index in [9.17, 15) is 5.21 Å². The zero-order valence-corrected chi connectivity index (χ0v) is 13.2. The molecule has 4 nitrogen and oxygen atoms in total. The predicted octanol–water partition coefficient (Wildman–Crippen LogP) is 2.60. The van der Waals surface area contributed by atoms with Gasteiger partial charge in [0.2, 0.25) is 0 Å². The van der Waals surface area contributed by atoms with Crippen LogP contribution in [0.3, 0.4) is 0 Å².